The van der Waals surface area contributed by atoms with E-state index in [4.69, 9.17) is 0 Å². The van der Waals surface area contributed by atoms with Gasteiger partial charge in [0.25, 0.3) is 0 Å². The highest BCUT2D eigenvalue weighted by atomic mass is 32.2. The fourth-order valence-electron chi connectivity index (χ4n) is 2.78. The van der Waals surface area contributed by atoms with E-state index in [0.717, 1.165) is 26.2 Å². The van der Waals surface area contributed by atoms with E-state index in [1.807, 2.05) is 23.5 Å². The zero-order valence-corrected chi connectivity index (χ0v) is 19.9. The molecule has 0 radical (unpaired) electrons. The third-order valence-electron chi connectivity index (χ3n) is 3.89. The van der Waals surface area contributed by atoms with Gasteiger partial charge in [-0.2, -0.15) is 0 Å². The van der Waals surface area contributed by atoms with Crippen molar-refractivity contribution in [2.75, 3.05) is 13.1 Å². The summed E-state index contributed by atoms with van der Waals surface area (Å²) in [6, 6.07) is 17.4. The quantitative estimate of drug-likeness (QED) is 0.367. The van der Waals surface area contributed by atoms with Crippen molar-refractivity contribution in [3.63, 3.8) is 0 Å². The number of hydrogen-bond donors (Lipinski definition) is 2. The lowest BCUT2D eigenvalue weighted by Gasteiger charge is -2.20. The van der Waals surface area contributed by atoms with Crippen molar-refractivity contribution in [2.24, 2.45) is 0 Å². The van der Waals surface area contributed by atoms with E-state index < -0.39 is 0 Å². The first-order valence-corrected chi connectivity index (χ1v) is 11.7. The van der Waals surface area contributed by atoms with E-state index in [9.17, 15) is 0 Å². The first-order valence-electron chi connectivity index (χ1n) is 10.1. The van der Waals surface area contributed by atoms with Crippen LogP contribution in [-0.4, -0.2) is 22.6 Å². The molecule has 0 atom stereocenters. The number of thioether (sulfide) groups is 2. The average molecular weight is 417 g/mol. The standard InChI is InChI=1S/C24H36N2S2/c1-23(2,3)27-21-13-9-7-11-19(21)17-25-15-16-26-18-20-12-8-10-14-22(20)28-24(4,5)6/h7-14,25-26H,15-18H2,1-6H3. The molecule has 0 heterocycles. The van der Waals surface area contributed by atoms with Crippen molar-refractivity contribution in [3.05, 3.63) is 59.7 Å². The van der Waals surface area contributed by atoms with E-state index in [2.05, 4.69) is 101 Å². The van der Waals surface area contributed by atoms with Crippen LogP contribution in [0.25, 0.3) is 0 Å². The lowest BCUT2D eigenvalue weighted by Crippen LogP contribution is -2.27. The summed E-state index contributed by atoms with van der Waals surface area (Å²) in [5.41, 5.74) is 2.77. The van der Waals surface area contributed by atoms with Gasteiger partial charge in [-0.3, -0.25) is 0 Å². The van der Waals surface area contributed by atoms with Crippen molar-refractivity contribution < 1.29 is 0 Å². The predicted molar refractivity (Wildman–Crippen MR) is 128 cm³/mol. The van der Waals surface area contributed by atoms with E-state index in [0.29, 0.717) is 0 Å². The molecule has 28 heavy (non-hydrogen) atoms. The topological polar surface area (TPSA) is 24.1 Å². The van der Waals surface area contributed by atoms with Crippen LogP contribution in [-0.2, 0) is 13.1 Å². The van der Waals surface area contributed by atoms with Gasteiger partial charge in [-0.25, -0.2) is 0 Å². The van der Waals surface area contributed by atoms with Gasteiger partial charge in [0.05, 0.1) is 0 Å². The molecule has 0 fully saturated rings. The molecule has 2 aromatic rings. The first-order chi connectivity index (χ1) is 13.1. The lowest BCUT2D eigenvalue weighted by atomic mass is 10.2. The maximum Gasteiger partial charge on any atom is 0.0217 e. The van der Waals surface area contributed by atoms with Crippen LogP contribution >= 0.6 is 23.5 Å². The van der Waals surface area contributed by atoms with Crippen molar-refractivity contribution in [1.29, 1.82) is 0 Å². The maximum atomic E-state index is 3.59. The van der Waals surface area contributed by atoms with Crippen molar-refractivity contribution >= 4 is 23.5 Å². The Balaban J connectivity index is 1.77. The summed E-state index contributed by atoms with van der Waals surface area (Å²) in [6.45, 7) is 17.3. The van der Waals surface area contributed by atoms with Crippen molar-refractivity contribution in [2.45, 2.75) is 73.9 Å². The molecule has 0 spiro atoms. The minimum Gasteiger partial charge on any atom is -0.311 e. The number of nitrogens with one attached hydrogen (secondary N) is 2. The van der Waals surface area contributed by atoms with Crippen LogP contribution in [0, 0.1) is 0 Å². The van der Waals surface area contributed by atoms with Gasteiger partial charge in [0.2, 0.25) is 0 Å². The van der Waals surface area contributed by atoms with Crippen LogP contribution in [0.15, 0.2) is 58.3 Å². The second kappa shape index (κ2) is 10.7. The van der Waals surface area contributed by atoms with Crippen LogP contribution in [0.2, 0.25) is 0 Å². The Bertz CT molecular complexity index is 666. The molecule has 0 saturated heterocycles. The number of hydrogen-bond acceptors (Lipinski definition) is 4. The molecule has 0 aliphatic carbocycles. The van der Waals surface area contributed by atoms with Crippen LogP contribution in [0.4, 0.5) is 0 Å². The van der Waals surface area contributed by atoms with E-state index in [1.54, 1.807) is 0 Å². The third kappa shape index (κ3) is 9.04. The zero-order valence-electron chi connectivity index (χ0n) is 18.3. The van der Waals surface area contributed by atoms with Gasteiger partial charge in [0, 0.05) is 45.5 Å². The third-order valence-corrected chi connectivity index (χ3v) is 6.35. The Morgan fingerprint density at radius 2 is 0.964 bits per heavy atom. The highest BCUT2D eigenvalue weighted by Crippen LogP contribution is 2.34. The van der Waals surface area contributed by atoms with Gasteiger partial charge < -0.3 is 10.6 Å². The predicted octanol–water partition coefficient (Wildman–Crippen LogP) is 6.35. The smallest absolute Gasteiger partial charge is 0.0217 e. The van der Waals surface area contributed by atoms with Gasteiger partial charge in [0.15, 0.2) is 0 Å². The molecule has 0 unspecified atom stereocenters. The molecule has 2 nitrogen and oxygen atoms in total. The summed E-state index contributed by atoms with van der Waals surface area (Å²) < 4.78 is 0.465. The molecule has 154 valence electrons. The number of benzene rings is 2. The minimum absolute atomic E-state index is 0.232. The molecule has 2 rings (SSSR count). The molecule has 2 N–H and O–H groups in total. The summed E-state index contributed by atoms with van der Waals surface area (Å²) in [6.07, 6.45) is 0. The zero-order chi connectivity index (χ0) is 20.6. The SMILES string of the molecule is CC(C)(C)Sc1ccccc1CNCCNCc1ccccc1SC(C)(C)C. The number of rotatable bonds is 9. The summed E-state index contributed by atoms with van der Waals surface area (Å²) in [5.74, 6) is 0. The largest absolute Gasteiger partial charge is 0.311 e. The Kier molecular flexibility index (Phi) is 8.94. The molecule has 0 bridgehead atoms. The van der Waals surface area contributed by atoms with Crippen molar-refractivity contribution in [1.82, 2.24) is 10.6 Å². The fraction of sp³-hybridized carbons (Fsp3) is 0.500. The molecular formula is C24H36N2S2. The highest BCUT2D eigenvalue weighted by Gasteiger charge is 2.15. The van der Waals surface area contributed by atoms with Gasteiger partial charge in [0.1, 0.15) is 0 Å². The van der Waals surface area contributed by atoms with Gasteiger partial charge in [-0.05, 0) is 23.3 Å². The monoisotopic (exact) mass is 416 g/mol. The van der Waals surface area contributed by atoms with E-state index in [-0.39, 0.29) is 9.49 Å². The van der Waals surface area contributed by atoms with Gasteiger partial charge in [-0.15, -0.1) is 23.5 Å². The van der Waals surface area contributed by atoms with Crippen LogP contribution in [0.5, 0.6) is 0 Å². The van der Waals surface area contributed by atoms with E-state index >= 15 is 0 Å². The normalized spacial score (nSPS) is 12.4. The summed E-state index contributed by atoms with van der Waals surface area (Å²) >= 11 is 3.88. The van der Waals surface area contributed by atoms with Crippen LogP contribution < -0.4 is 10.6 Å². The Hall–Kier alpha value is -0.940. The molecule has 0 amide bonds. The minimum atomic E-state index is 0.232. The molecule has 0 saturated carbocycles. The Morgan fingerprint density at radius 3 is 1.32 bits per heavy atom. The maximum absolute atomic E-state index is 3.59. The highest BCUT2D eigenvalue weighted by molar-refractivity contribution is 8.00. The average Bonchev–Trinajstić information content (AvgIpc) is 2.58. The van der Waals surface area contributed by atoms with E-state index in [1.165, 1.54) is 20.9 Å². The Morgan fingerprint density at radius 1 is 0.607 bits per heavy atom. The molecule has 0 aromatic heterocycles. The Labute approximate surface area is 180 Å². The fourth-order valence-corrected chi connectivity index (χ4v) is 4.94. The molecule has 0 aliphatic heterocycles. The molecular weight excluding hydrogens is 380 g/mol. The molecule has 2 aromatic carbocycles. The second-order valence-electron chi connectivity index (χ2n) is 9.00. The summed E-state index contributed by atoms with van der Waals surface area (Å²) in [7, 11) is 0. The van der Waals surface area contributed by atoms with Gasteiger partial charge in [-0.1, -0.05) is 77.9 Å². The lowest BCUT2D eigenvalue weighted by molar-refractivity contribution is 0.605. The van der Waals surface area contributed by atoms with Crippen LogP contribution in [0.1, 0.15) is 52.7 Å². The summed E-state index contributed by atoms with van der Waals surface area (Å²) in [4.78, 5) is 2.76. The van der Waals surface area contributed by atoms with Gasteiger partial charge >= 0.3 is 0 Å². The van der Waals surface area contributed by atoms with Crippen LogP contribution in [0.3, 0.4) is 0 Å². The first kappa shape index (κ1) is 23.3. The summed E-state index contributed by atoms with van der Waals surface area (Å²) in [5, 5.41) is 7.17. The molecule has 4 heteroatoms. The molecule has 0 aliphatic rings. The van der Waals surface area contributed by atoms with Crippen molar-refractivity contribution in [3.8, 4) is 0 Å². The second-order valence-corrected chi connectivity index (χ2v) is 12.7.